The molecule has 3 heteroatoms. The summed E-state index contributed by atoms with van der Waals surface area (Å²) in [4.78, 5) is 0. The number of hydrogen-bond donors (Lipinski definition) is 0. The molecule has 0 amide bonds. The summed E-state index contributed by atoms with van der Waals surface area (Å²) in [6.45, 7) is 29.2. The zero-order valence-corrected chi connectivity index (χ0v) is 33.9. The van der Waals surface area contributed by atoms with Crippen LogP contribution in [0.25, 0.3) is 11.1 Å². The molecule has 242 valence electrons. The van der Waals surface area contributed by atoms with Gasteiger partial charge >= 0.3 is 89.5 Å². The minimum Gasteiger partial charge on any atom is -1.00 e. The molecule has 45 heavy (non-hydrogen) atoms. The average molecular weight is 721 g/mol. The molecule has 0 heterocycles. The molecular formula is C42H54Cl2Zr-2. The second kappa shape index (κ2) is 16.4. The fourth-order valence-corrected chi connectivity index (χ4v) is 5.98. The fourth-order valence-electron chi connectivity index (χ4n) is 5.51. The summed E-state index contributed by atoms with van der Waals surface area (Å²) in [7, 11) is 0. The summed E-state index contributed by atoms with van der Waals surface area (Å²) >= 11 is 1.46. The summed E-state index contributed by atoms with van der Waals surface area (Å²) in [5.74, 6) is 0.675. The third-order valence-electron chi connectivity index (χ3n) is 8.37. The number of hydrogen-bond acceptors (Lipinski definition) is 0. The van der Waals surface area contributed by atoms with Crippen LogP contribution in [0.15, 0.2) is 66.7 Å². The van der Waals surface area contributed by atoms with E-state index in [0.717, 1.165) is 6.42 Å². The van der Waals surface area contributed by atoms with Gasteiger partial charge < -0.3 is 24.8 Å². The van der Waals surface area contributed by atoms with Crippen molar-refractivity contribution in [3.8, 4) is 11.1 Å². The van der Waals surface area contributed by atoms with E-state index in [1.54, 1.807) is 0 Å². The van der Waals surface area contributed by atoms with E-state index in [9.17, 15) is 0 Å². The molecule has 1 aliphatic carbocycles. The van der Waals surface area contributed by atoms with Gasteiger partial charge in [-0.05, 0) is 17.4 Å². The molecule has 0 saturated heterocycles. The minimum atomic E-state index is 0. The fraction of sp³-hybridized carbons (Fsp3) is 0.429. The summed E-state index contributed by atoms with van der Waals surface area (Å²) in [6, 6.07) is 28.4. The number of halogens is 2. The minimum absolute atomic E-state index is 0. The van der Waals surface area contributed by atoms with Gasteiger partial charge in [0.2, 0.25) is 0 Å². The topological polar surface area (TPSA) is 0 Å². The van der Waals surface area contributed by atoms with Crippen molar-refractivity contribution in [2.75, 3.05) is 0 Å². The van der Waals surface area contributed by atoms with E-state index in [-0.39, 0.29) is 41.1 Å². The standard InChI is InChI=1S/C21H25.C11H14.C10H15.2ClH.Zr/c1-20(2,3)16-9-7-14-11-15-8-10-17(21(4,5)6)13-19(15)18(14)12-16;1-9-5-7-10(8-6-9)11(2,3)4;1-7(2)10-6-8(3)5-9(10)4;;;/h7,9-10,12-13H,11H2,1-6H3;1,5-8H,2-4H3;5-7H,1-4H3;2*1H;/q-1;;-1;;;+2/p-2. The molecule has 4 aromatic rings. The second-order valence-corrected chi connectivity index (χ2v) is 16.4. The SMILES string of the molecule is CC(C)(C)c1c[c-]c2c(c1)-c1cc(C(C)(C)C)ccc1C2.CC(C)(C)c1ccc([CH]=[Zr+2])cc1.Cc1cc(C(C)C)c(C)[cH-]1.[Cl-].[Cl-]. The van der Waals surface area contributed by atoms with Crippen LogP contribution in [0.1, 0.15) is 132 Å². The Labute approximate surface area is 303 Å². The number of aryl methyl sites for hydroxylation is 2. The molecule has 0 radical (unpaired) electrons. The van der Waals surface area contributed by atoms with Crippen LogP contribution in [0, 0.1) is 19.9 Å². The maximum atomic E-state index is 3.53. The van der Waals surface area contributed by atoms with E-state index in [1.165, 1.54) is 85.4 Å². The molecule has 0 bridgehead atoms. The number of benzene rings is 3. The Balaban J connectivity index is 0.000000362. The van der Waals surface area contributed by atoms with Crippen molar-refractivity contribution in [2.24, 2.45) is 0 Å². The molecule has 4 aromatic carbocycles. The Morgan fingerprint density at radius 3 is 1.64 bits per heavy atom. The van der Waals surface area contributed by atoms with Gasteiger partial charge in [0.1, 0.15) is 0 Å². The molecule has 0 atom stereocenters. The number of rotatable bonds is 2. The monoisotopic (exact) mass is 718 g/mol. The first kappa shape index (κ1) is 41.4. The third-order valence-corrected chi connectivity index (χ3v) is 9.19. The Hall–Kier alpha value is -1.66. The third kappa shape index (κ3) is 11.2. The average Bonchev–Trinajstić information content (AvgIpc) is 3.45. The summed E-state index contributed by atoms with van der Waals surface area (Å²) in [5, 5.41) is 0. The van der Waals surface area contributed by atoms with Gasteiger partial charge in [0, 0.05) is 0 Å². The van der Waals surface area contributed by atoms with Crippen LogP contribution in [0.5, 0.6) is 0 Å². The summed E-state index contributed by atoms with van der Waals surface area (Å²) in [5.41, 5.74) is 16.1. The van der Waals surface area contributed by atoms with Gasteiger partial charge in [0.25, 0.3) is 0 Å². The first-order chi connectivity index (χ1) is 19.8. The largest absolute Gasteiger partial charge is 1.00 e. The maximum absolute atomic E-state index is 3.53. The zero-order valence-electron chi connectivity index (χ0n) is 30.0. The quantitative estimate of drug-likeness (QED) is 0.212. The summed E-state index contributed by atoms with van der Waals surface area (Å²) in [6.07, 6.45) is 1.03. The first-order valence-electron chi connectivity index (χ1n) is 15.8. The molecule has 0 aliphatic heterocycles. The van der Waals surface area contributed by atoms with Gasteiger partial charge in [-0.3, -0.25) is 0 Å². The molecule has 0 N–H and O–H groups in total. The first-order valence-corrected chi connectivity index (χ1v) is 17.3. The zero-order chi connectivity index (χ0) is 32.3. The molecule has 5 rings (SSSR count). The van der Waals surface area contributed by atoms with E-state index in [2.05, 4.69) is 167 Å². The van der Waals surface area contributed by atoms with Crippen molar-refractivity contribution in [1.82, 2.24) is 0 Å². The van der Waals surface area contributed by atoms with Crippen LogP contribution in [0.2, 0.25) is 0 Å². The van der Waals surface area contributed by atoms with Crippen LogP contribution in [0.3, 0.4) is 0 Å². The van der Waals surface area contributed by atoms with Crippen molar-refractivity contribution >= 4 is 3.71 Å². The molecular weight excluding hydrogens is 667 g/mol. The predicted molar refractivity (Wildman–Crippen MR) is 187 cm³/mol. The van der Waals surface area contributed by atoms with Crippen LogP contribution in [-0.2, 0) is 46.9 Å². The normalized spacial score (nSPS) is 12.0. The number of fused-ring (bicyclic) bond motifs is 3. The molecule has 0 unspecified atom stereocenters. The van der Waals surface area contributed by atoms with Crippen LogP contribution in [-0.4, -0.2) is 3.71 Å². The smallest absolute Gasteiger partial charge is 0.0632 e. The molecule has 0 spiro atoms. The summed E-state index contributed by atoms with van der Waals surface area (Å²) < 4.78 is 2.21. The molecule has 0 saturated carbocycles. The van der Waals surface area contributed by atoms with Crippen molar-refractivity contribution < 1.29 is 49.0 Å². The Kier molecular flexibility index (Phi) is 15.1. The molecule has 0 fully saturated rings. The molecule has 1 aliphatic rings. The van der Waals surface area contributed by atoms with Crippen LogP contribution < -0.4 is 24.8 Å². The molecule has 0 aromatic heterocycles. The Bertz CT molecular complexity index is 1470. The van der Waals surface area contributed by atoms with E-state index in [4.69, 9.17) is 0 Å². The maximum Gasteiger partial charge on any atom is -0.0632 e. The second-order valence-electron chi connectivity index (χ2n) is 15.7. The Morgan fingerprint density at radius 1 is 0.711 bits per heavy atom. The van der Waals surface area contributed by atoms with Crippen molar-refractivity contribution in [1.29, 1.82) is 0 Å². The van der Waals surface area contributed by atoms with Gasteiger partial charge in [-0.15, -0.1) is 5.56 Å². The molecule has 0 nitrogen and oxygen atoms in total. The van der Waals surface area contributed by atoms with Gasteiger partial charge in [-0.1, -0.05) is 110 Å². The van der Waals surface area contributed by atoms with Gasteiger partial charge in [0.15, 0.2) is 0 Å². The van der Waals surface area contributed by atoms with E-state index in [1.807, 2.05) is 0 Å². The van der Waals surface area contributed by atoms with Gasteiger partial charge in [0.05, 0.1) is 0 Å². The van der Waals surface area contributed by atoms with E-state index >= 15 is 0 Å². The Morgan fingerprint density at radius 2 is 1.22 bits per heavy atom. The van der Waals surface area contributed by atoms with Crippen molar-refractivity contribution in [2.45, 2.75) is 119 Å². The predicted octanol–water partition coefficient (Wildman–Crippen LogP) is 5.49. The van der Waals surface area contributed by atoms with Crippen molar-refractivity contribution in [3.05, 3.63) is 123 Å². The van der Waals surface area contributed by atoms with E-state index < -0.39 is 0 Å². The van der Waals surface area contributed by atoms with Gasteiger partial charge in [-0.25, -0.2) is 6.07 Å². The van der Waals surface area contributed by atoms with Crippen LogP contribution >= 0.6 is 0 Å². The van der Waals surface area contributed by atoms with Crippen LogP contribution in [0.4, 0.5) is 0 Å². The van der Waals surface area contributed by atoms with Gasteiger partial charge in [-0.2, -0.15) is 52.1 Å². The van der Waals surface area contributed by atoms with Crippen molar-refractivity contribution in [3.63, 3.8) is 0 Å². The van der Waals surface area contributed by atoms with E-state index in [0.29, 0.717) is 5.92 Å².